The SMILES string of the molecule is CN(C)c1nc(CNC(=O)c2cncc(F)c2)nc(N2CCCC2)n1. The fourth-order valence-electron chi connectivity index (χ4n) is 2.53. The van der Waals surface area contributed by atoms with E-state index in [9.17, 15) is 9.18 Å². The summed E-state index contributed by atoms with van der Waals surface area (Å²) in [5, 5.41) is 2.69. The van der Waals surface area contributed by atoms with Crippen molar-refractivity contribution in [3.05, 3.63) is 35.7 Å². The van der Waals surface area contributed by atoms with Gasteiger partial charge < -0.3 is 15.1 Å². The topological polar surface area (TPSA) is 87.1 Å². The maximum atomic E-state index is 13.2. The van der Waals surface area contributed by atoms with E-state index in [-0.39, 0.29) is 12.1 Å². The lowest BCUT2D eigenvalue weighted by Crippen LogP contribution is -2.27. The number of pyridine rings is 1. The molecule has 1 fully saturated rings. The molecular weight excluding hydrogens is 325 g/mol. The molecule has 0 aromatic carbocycles. The van der Waals surface area contributed by atoms with Crippen LogP contribution in [-0.2, 0) is 6.54 Å². The predicted molar refractivity (Wildman–Crippen MR) is 91.0 cm³/mol. The summed E-state index contributed by atoms with van der Waals surface area (Å²) >= 11 is 0. The molecule has 0 bridgehead atoms. The monoisotopic (exact) mass is 345 g/mol. The molecule has 3 rings (SSSR count). The molecule has 0 atom stereocenters. The van der Waals surface area contributed by atoms with Crippen molar-refractivity contribution in [2.75, 3.05) is 37.0 Å². The van der Waals surface area contributed by atoms with Crippen molar-refractivity contribution in [3.8, 4) is 0 Å². The van der Waals surface area contributed by atoms with Crippen molar-refractivity contribution in [2.45, 2.75) is 19.4 Å². The number of rotatable bonds is 5. The molecule has 2 aromatic rings. The summed E-state index contributed by atoms with van der Waals surface area (Å²) in [6.45, 7) is 1.95. The number of anilines is 2. The largest absolute Gasteiger partial charge is 0.347 e. The second kappa shape index (κ2) is 7.37. The smallest absolute Gasteiger partial charge is 0.253 e. The van der Waals surface area contributed by atoms with Crippen LogP contribution in [0, 0.1) is 5.82 Å². The molecule has 0 spiro atoms. The number of hydrogen-bond donors (Lipinski definition) is 1. The van der Waals surface area contributed by atoms with E-state index >= 15 is 0 Å². The van der Waals surface area contributed by atoms with Crippen molar-refractivity contribution in [1.29, 1.82) is 0 Å². The molecule has 1 aliphatic heterocycles. The first-order valence-electron chi connectivity index (χ1n) is 8.09. The second-order valence-corrected chi connectivity index (χ2v) is 6.01. The minimum atomic E-state index is -0.556. The molecular formula is C16H20FN7O. The van der Waals surface area contributed by atoms with Gasteiger partial charge >= 0.3 is 0 Å². The maximum Gasteiger partial charge on any atom is 0.253 e. The van der Waals surface area contributed by atoms with Gasteiger partial charge in [0.2, 0.25) is 11.9 Å². The van der Waals surface area contributed by atoms with Crippen LogP contribution in [0.15, 0.2) is 18.5 Å². The maximum absolute atomic E-state index is 13.2. The van der Waals surface area contributed by atoms with E-state index in [0.29, 0.717) is 17.7 Å². The highest BCUT2D eigenvalue weighted by Crippen LogP contribution is 2.18. The van der Waals surface area contributed by atoms with E-state index in [0.717, 1.165) is 38.2 Å². The van der Waals surface area contributed by atoms with Gasteiger partial charge in [-0.25, -0.2) is 4.39 Å². The third-order valence-corrected chi connectivity index (χ3v) is 3.82. The fourth-order valence-corrected chi connectivity index (χ4v) is 2.53. The van der Waals surface area contributed by atoms with Crippen molar-refractivity contribution >= 4 is 17.8 Å². The van der Waals surface area contributed by atoms with Crippen molar-refractivity contribution in [3.63, 3.8) is 0 Å². The van der Waals surface area contributed by atoms with Crippen LogP contribution >= 0.6 is 0 Å². The zero-order valence-corrected chi connectivity index (χ0v) is 14.2. The zero-order chi connectivity index (χ0) is 17.8. The first-order valence-corrected chi connectivity index (χ1v) is 8.09. The van der Waals surface area contributed by atoms with Crippen LogP contribution < -0.4 is 15.1 Å². The zero-order valence-electron chi connectivity index (χ0n) is 14.2. The lowest BCUT2D eigenvalue weighted by molar-refractivity contribution is 0.0949. The third kappa shape index (κ3) is 4.17. The number of halogens is 1. The van der Waals surface area contributed by atoms with Gasteiger partial charge in [0.1, 0.15) is 5.82 Å². The Hall–Kier alpha value is -2.84. The van der Waals surface area contributed by atoms with Crippen LogP contribution in [0.4, 0.5) is 16.3 Å². The summed E-state index contributed by atoms with van der Waals surface area (Å²) in [6, 6.07) is 1.14. The Morgan fingerprint density at radius 1 is 1.24 bits per heavy atom. The number of amides is 1. The van der Waals surface area contributed by atoms with Crippen LogP contribution in [0.5, 0.6) is 0 Å². The normalized spacial score (nSPS) is 13.8. The van der Waals surface area contributed by atoms with Gasteiger partial charge in [-0.2, -0.15) is 15.0 Å². The number of hydrogen-bond acceptors (Lipinski definition) is 7. The first kappa shape index (κ1) is 17.0. The minimum Gasteiger partial charge on any atom is -0.347 e. The standard InChI is InChI=1S/C16H20FN7O/c1-23(2)15-20-13(21-16(22-15)24-5-3-4-6-24)10-19-14(25)11-7-12(17)9-18-8-11/h7-9H,3-6,10H2,1-2H3,(H,19,25). The van der Waals surface area contributed by atoms with E-state index in [4.69, 9.17) is 0 Å². The van der Waals surface area contributed by atoms with Gasteiger partial charge in [-0.15, -0.1) is 0 Å². The number of nitrogens with zero attached hydrogens (tertiary/aromatic N) is 6. The lowest BCUT2D eigenvalue weighted by Gasteiger charge is -2.18. The van der Waals surface area contributed by atoms with Crippen LogP contribution in [0.2, 0.25) is 0 Å². The Balaban J connectivity index is 1.75. The minimum absolute atomic E-state index is 0.125. The molecule has 2 aromatic heterocycles. The molecule has 1 N–H and O–H groups in total. The molecule has 1 amide bonds. The van der Waals surface area contributed by atoms with Gasteiger partial charge in [0.05, 0.1) is 18.3 Å². The molecule has 132 valence electrons. The first-order chi connectivity index (χ1) is 12.0. The van der Waals surface area contributed by atoms with Crippen LogP contribution in [0.3, 0.4) is 0 Å². The van der Waals surface area contributed by atoms with E-state index in [1.807, 2.05) is 14.1 Å². The van der Waals surface area contributed by atoms with E-state index in [2.05, 4.69) is 30.2 Å². The average molecular weight is 345 g/mol. The van der Waals surface area contributed by atoms with Crippen molar-refractivity contribution in [2.24, 2.45) is 0 Å². The van der Waals surface area contributed by atoms with E-state index in [1.165, 1.54) is 6.20 Å². The van der Waals surface area contributed by atoms with Gasteiger partial charge in [-0.3, -0.25) is 9.78 Å². The van der Waals surface area contributed by atoms with Gasteiger partial charge in [-0.05, 0) is 18.9 Å². The number of aromatic nitrogens is 4. The highest BCUT2D eigenvalue weighted by molar-refractivity contribution is 5.93. The van der Waals surface area contributed by atoms with E-state index < -0.39 is 11.7 Å². The molecule has 3 heterocycles. The van der Waals surface area contributed by atoms with Crippen LogP contribution in [0.1, 0.15) is 29.0 Å². The van der Waals surface area contributed by atoms with Gasteiger partial charge in [0.25, 0.3) is 5.91 Å². The van der Waals surface area contributed by atoms with Gasteiger partial charge in [0.15, 0.2) is 5.82 Å². The Morgan fingerprint density at radius 2 is 2.00 bits per heavy atom. The third-order valence-electron chi connectivity index (χ3n) is 3.82. The number of carbonyl (C=O) groups is 1. The molecule has 0 saturated carbocycles. The van der Waals surface area contributed by atoms with Gasteiger partial charge in [-0.1, -0.05) is 0 Å². The molecule has 0 aliphatic carbocycles. The molecule has 25 heavy (non-hydrogen) atoms. The molecule has 1 saturated heterocycles. The van der Waals surface area contributed by atoms with Crippen LogP contribution in [-0.4, -0.2) is 53.0 Å². The summed E-state index contributed by atoms with van der Waals surface area (Å²) in [4.78, 5) is 33.0. The summed E-state index contributed by atoms with van der Waals surface area (Å²) in [5.74, 6) is 0.625. The summed E-state index contributed by atoms with van der Waals surface area (Å²) in [5.41, 5.74) is 0.154. The predicted octanol–water partition coefficient (Wildman–Crippen LogP) is 1.00. The Labute approximate surface area is 145 Å². The van der Waals surface area contributed by atoms with Crippen molar-refractivity contribution < 1.29 is 9.18 Å². The highest BCUT2D eigenvalue weighted by Gasteiger charge is 2.18. The average Bonchev–Trinajstić information content (AvgIpc) is 3.14. The quantitative estimate of drug-likeness (QED) is 0.865. The summed E-state index contributed by atoms with van der Waals surface area (Å²) < 4.78 is 13.2. The molecule has 0 radical (unpaired) electrons. The van der Waals surface area contributed by atoms with Crippen molar-refractivity contribution in [1.82, 2.24) is 25.3 Å². The van der Waals surface area contributed by atoms with E-state index in [1.54, 1.807) is 4.90 Å². The molecule has 8 nitrogen and oxygen atoms in total. The van der Waals surface area contributed by atoms with Crippen LogP contribution in [0.25, 0.3) is 0 Å². The summed E-state index contributed by atoms with van der Waals surface area (Å²) in [6.07, 6.45) is 4.59. The lowest BCUT2D eigenvalue weighted by atomic mass is 10.2. The second-order valence-electron chi connectivity index (χ2n) is 6.01. The highest BCUT2D eigenvalue weighted by atomic mass is 19.1. The molecule has 1 aliphatic rings. The summed E-state index contributed by atoms with van der Waals surface area (Å²) in [7, 11) is 3.70. The Morgan fingerprint density at radius 3 is 2.68 bits per heavy atom. The Kier molecular flexibility index (Phi) is 5.01. The number of nitrogens with one attached hydrogen (secondary N) is 1. The fraction of sp³-hybridized carbons (Fsp3) is 0.438. The Bertz CT molecular complexity index is 762. The molecule has 0 unspecified atom stereocenters. The number of carbonyl (C=O) groups excluding carboxylic acids is 1. The van der Waals surface area contributed by atoms with Gasteiger partial charge in [0, 0.05) is 33.4 Å². The molecule has 9 heteroatoms.